The summed E-state index contributed by atoms with van der Waals surface area (Å²) in [6, 6.07) is 19.5. The van der Waals surface area contributed by atoms with Gasteiger partial charge in [0, 0.05) is 17.2 Å². The predicted molar refractivity (Wildman–Crippen MR) is 107 cm³/mol. The molecule has 9 heteroatoms. The van der Waals surface area contributed by atoms with E-state index >= 15 is 0 Å². The van der Waals surface area contributed by atoms with Gasteiger partial charge in [-0.2, -0.15) is 5.10 Å². The SMILES string of the molecule is O=[N+]([O-])c1ccc(NN=C(c2ccccc2)c2ccccc2Cl)c([N+](=O)[O-])c1. The van der Waals surface area contributed by atoms with E-state index in [9.17, 15) is 20.2 Å². The van der Waals surface area contributed by atoms with E-state index in [1.54, 1.807) is 24.3 Å². The average Bonchev–Trinajstić information content (AvgIpc) is 2.70. The van der Waals surface area contributed by atoms with Crippen LogP contribution in [-0.4, -0.2) is 15.6 Å². The zero-order valence-electron chi connectivity index (χ0n) is 14.3. The van der Waals surface area contributed by atoms with Crippen LogP contribution in [0.1, 0.15) is 11.1 Å². The number of hydrazone groups is 1. The second-order valence-electron chi connectivity index (χ2n) is 5.63. The van der Waals surface area contributed by atoms with Crippen LogP contribution in [-0.2, 0) is 0 Å². The van der Waals surface area contributed by atoms with Gasteiger partial charge in [0.05, 0.1) is 26.6 Å². The van der Waals surface area contributed by atoms with Gasteiger partial charge in [-0.3, -0.25) is 25.7 Å². The number of benzene rings is 3. The molecule has 1 N–H and O–H groups in total. The smallest absolute Gasteiger partial charge is 0.271 e. The Labute approximate surface area is 164 Å². The summed E-state index contributed by atoms with van der Waals surface area (Å²) < 4.78 is 0. The molecule has 0 amide bonds. The van der Waals surface area contributed by atoms with Crippen LogP contribution in [0, 0.1) is 20.2 Å². The van der Waals surface area contributed by atoms with Crippen LogP contribution in [0.2, 0.25) is 5.02 Å². The van der Waals surface area contributed by atoms with E-state index in [1.807, 2.05) is 30.3 Å². The summed E-state index contributed by atoms with van der Waals surface area (Å²) in [7, 11) is 0. The first-order chi connectivity index (χ1) is 13.5. The number of rotatable bonds is 6. The minimum absolute atomic E-state index is 0.0242. The number of nitro groups is 2. The molecular formula is C19H13ClN4O4. The molecule has 0 saturated carbocycles. The van der Waals surface area contributed by atoms with Crippen molar-refractivity contribution in [1.29, 1.82) is 0 Å². The molecule has 0 aliphatic rings. The minimum atomic E-state index is -0.706. The molecule has 0 heterocycles. The second kappa shape index (κ2) is 8.28. The fraction of sp³-hybridized carbons (Fsp3) is 0. The number of non-ortho nitro benzene ring substituents is 1. The van der Waals surface area contributed by atoms with Crippen molar-refractivity contribution in [3.8, 4) is 0 Å². The van der Waals surface area contributed by atoms with Crippen LogP contribution < -0.4 is 5.43 Å². The van der Waals surface area contributed by atoms with Crippen molar-refractivity contribution in [2.45, 2.75) is 0 Å². The molecule has 3 rings (SSSR count). The van der Waals surface area contributed by atoms with Crippen LogP contribution >= 0.6 is 11.6 Å². The first kappa shape index (κ1) is 19.0. The number of anilines is 1. The number of nitro benzene ring substituents is 2. The van der Waals surface area contributed by atoms with Crippen molar-refractivity contribution in [2.75, 3.05) is 5.43 Å². The largest absolute Gasteiger partial charge is 0.301 e. The lowest BCUT2D eigenvalue weighted by atomic mass is 10.0. The standard InChI is InChI=1S/C19H13ClN4O4/c20-16-9-5-4-8-15(16)19(13-6-2-1-3-7-13)22-21-17-11-10-14(23(25)26)12-18(17)24(27)28/h1-12,21H. The molecule has 0 bridgehead atoms. The van der Waals surface area contributed by atoms with Crippen molar-refractivity contribution in [2.24, 2.45) is 5.10 Å². The van der Waals surface area contributed by atoms with E-state index in [1.165, 1.54) is 12.1 Å². The number of hydrogen-bond donors (Lipinski definition) is 1. The fourth-order valence-electron chi connectivity index (χ4n) is 2.52. The van der Waals surface area contributed by atoms with E-state index in [-0.39, 0.29) is 11.4 Å². The van der Waals surface area contributed by atoms with Gasteiger partial charge in [0.15, 0.2) is 0 Å². The van der Waals surface area contributed by atoms with Crippen molar-refractivity contribution < 1.29 is 9.85 Å². The summed E-state index contributed by atoms with van der Waals surface area (Å²) in [5.41, 5.74) is 3.69. The Bertz CT molecular complexity index is 1070. The molecule has 3 aromatic carbocycles. The van der Waals surface area contributed by atoms with Gasteiger partial charge in [0.2, 0.25) is 0 Å². The molecule has 140 valence electrons. The molecule has 8 nitrogen and oxygen atoms in total. The summed E-state index contributed by atoms with van der Waals surface area (Å²) in [4.78, 5) is 20.8. The quantitative estimate of drug-likeness (QED) is 0.357. The maximum absolute atomic E-state index is 11.3. The molecule has 0 saturated heterocycles. The van der Waals surface area contributed by atoms with E-state index < -0.39 is 15.5 Å². The number of nitrogens with one attached hydrogen (secondary N) is 1. The zero-order valence-corrected chi connectivity index (χ0v) is 15.0. The van der Waals surface area contributed by atoms with E-state index in [0.29, 0.717) is 16.3 Å². The second-order valence-corrected chi connectivity index (χ2v) is 6.04. The van der Waals surface area contributed by atoms with Crippen LogP contribution in [0.25, 0.3) is 0 Å². The molecular weight excluding hydrogens is 384 g/mol. The highest BCUT2D eigenvalue weighted by atomic mass is 35.5. The summed E-state index contributed by atoms with van der Waals surface area (Å²) in [6.45, 7) is 0. The average molecular weight is 397 g/mol. The highest BCUT2D eigenvalue weighted by Gasteiger charge is 2.20. The van der Waals surface area contributed by atoms with Crippen LogP contribution in [0.4, 0.5) is 17.1 Å². The van der Waals surface area contributed by atoms with Gasteiger partial charge in [0.25, 0.3) is 5.69 Å². The molecule has 0 aromatic heterocycles. The Morgan fingerprint density at radius 1 is 0.893 bits per heavy atom. The maximum atomic E-state index is 11.3. The Morgan fingerprint density at radius 2 is 1.57 bits per heavy atom. The Hall–Kier alpha value is -3.78. The molecule has 28 heavy (non-hydrogen) atoms. The number of halogens is 1. The lowest BCUT2D eigenvalue weighted by Crippen LogP contribution is -2.08. The van der Waals surface area contributed by atoms with E-state index in [0.717, 1.165) is 11.6 Å². The Balaban J connectivity index is 2.07. The predicted octanol–water partition coefficient (Wildman–Crippen LogP) is 5.02. The van der Waals surface area contributed by atoms with Crippen molar-refractivity contribution in [1.82, 2.24) is 0 Å². The first-order valence-corrected chi connectivity index (χ1v) is 8.42. The van der Waals surface area contributed by atoms with Gasteiger partial charge in [-0.1, -0.05) is 60.1 Å². The lowest BCUT2D eigenvalue weighted by molar-refractivity contribution is -0.393. The summed E-state index contributed by atoms with van der Waals surface area (Å²) in [6.07, 6.45) is 0. The fourth-order valence-corrected chi connectivity index (χ4v) is 2.75. The lowest BCUT2D eigenvalue weighted by Gasteiger charge is -2.10. The molecule has 0 unspecified atom stereocenters. The molecule has 0 atom stereocenters. The summed E-state index contributed by atoms with van der Waals surface area (Å²) in [5.74, 6) is 0. The molecule has 0 spiro atoms. The summed E-state index contributed by atoms with van der Waals surface area (Å²) in [5, 5.41) is 27.0. The summed E-state index contributed by atoms with van der Waals surface area (Å²) >= 11 is 6.30. The molecule has 0 fully saturated rings. The number of nitrogens with zero attached hydrogens (tertiary/aromatic N) is 3. The van der Waals surface area contributed by atoms with Crippen molar-refractivity contribution in [3.63, 3.8) is 0 Å². The third kappa shape index (κ3) is 4.13. The molecule has 0 aliphatic heterocycles. The normalized spacial score (nSPS) is 11.1. The van der Waals surface area contributed by atoms with Gasteiger partial charge in [-0.15, -0.1) is 0 Å². The van der Waals surface area contributed by atoms with Gasteiger partial charge in [-0.05, 0) is 12.1 Å². The first-order valence-electron chi connectivity index (χ1n) is 8.04. The van der Waals surface area contributed by atoms with Gasteiger partial charge < -0.3 is 0 Å². The number of hydrogen-bond acceptors (Lipinski definition) is 6. The third-order valence-electron chi connectivity index (χ3n) is 3.85. The van der Waals surface area contributed by atoms with E-state index in [4.69, 9.17) is 11.6 Å². The van der Waals surface area contributed by atoms with Crippen LogP contribution in [0.3, 0.4) is 0 Å². The Morgan fingerprint density at radius 3 is 2.21 bits per heavy atom. The topological polar surface area (TPSA) is 111 Å². The monoisotopic (exact) mass is 396 g/mol. The zero-order chi connectivity index (χ0) is 20.1. The third-order valence-corrected chi connectivity index (χ3v) is 4.18. The van der Waals surface area contributed by atoms with Gasteiger partial charge in [-0.25, -0.2) is 0 Å². The molecule has 3 aromatic rings. The van der Waals surface area contributed by atoms with Gasteiger partial charge in [0.1, 0.15) is 5.69 Å². The highest BCUT2D eigenvalue weighted by molar-refractivity contribution is 6.35. The Kier molecular flexibility index (Phi) is 5.61. The molecule has 0 radical (unpaired) electrons. The van der Waals surface area contributed by atoms with Crippen LogP contribution in [0.15, 0.2) is 77.9 Å². The van der Waals surface area contributed by atoms with Crippen molar-refractivity contribution in [3.05, 3.63) is 109 Å². The van der Waals surface area contributed by atoms with E-state index in [2.05, 4.69) is 10.5 Å². The van der Waals surface area contributed by atoms with Crippen LogP contribution in [0.5, 0.6) is 0 Å². The van der Waals surface area contributed by atoms with Gasteiger partial charge >= 0.3 is 5.69 Å². The molecule has 0 aliphatic carbocycles. The maximum Gasteiger partial charge on any atom is 0.301 e. The highest BCUT2D eigenvalue weighted by Crippen LogP contribution is 2.29. The minimum Gasteiger partial charge on any atom is -0.271 e. The van der Waals surface area contributed by atoms with Crippen molar-refractivity contribution >= 4 is 34.4 Å².